The van der Waals surface area contributed by atoms with Crippen LogP contribution in [0.15, 0.2) is 61.3 Å². The minimum atomic E-state index is 0.506. The molecule has 29 heavy (non-hydrogen) atoms. The summed E-state index contributed by atoms with van der Waals surface area (Å²) in [5.74, 6) is 2.05. The Bertz CT molecular complexity index is 1110. The Kier molecular flexibility index (Phi) is 4.63. The van der Waals surface area contributed by atoms with Crippen molar-refractivity contribution in [2.75, 3.05) is 41.8 Å². The maximum Gasteiger partial charge on any atom is 0.231 e. The maximum absolute atomic E-state index is 5.47. The van der Waals surface area contributed by atoms with Gasteiger partial charge in [0, 0.05) is 55.7 Å². The van der Waals surface area contributed by atoms with Crippen molar-refractivity contribution >= 4 is 34.6 Å². The molecule has 4 aromatic heterocycles. The van der Waals surface area contributed by atoms with Crippen molar-refractivity contribution in [2.45, 2.75) is 0 Å². The zero-order chi connectivity index (χ0) is 19.5. The molecule has 9 nitrogen and oxygen atoms in total. The van der Waals surface area contributed by atoms with Gasteiger partial charge in [0.2, 0.25) is 5.95 Å². The molecule has 1 aliphatic heterocycles. The molecule has 4 aromatic rings. The van der Waals surface area contributed by atoms with Crippen molar-refractivity contribution < 1.29 is 4.74 Å². The van der Waals surface area contributed by atoms with Gasteiger partial charge in [-0.15, -0.1) is 0 Å². The van der Waals surface area contributed by atoms with E-state index in [9.17, 15) is 0 Å². The summed E-state index contributed by atoms with van der Waals surface area (Å²) >= 11 is 0. The zero-order valence-electron chi connectivity index (χ0n) is 15.7. The second kappa shape index (κ2) is 7.72. The minimum absolute atomic E-state index is 0.506. The molecule has 146 valence electrons. The predicted octanol–water partition coefficient (Wildman–Crippen LogP) is 2.84. The first kappa shape index (κ1) is 17.4. The third kappa shape index (κ3) is 3.94. The lowest BCUT2D eigenvalue weighted by molar-refractivity contribution is 0.122. The van der Waals surface area contributed by atoms with Gasteiger partial charge in [-0.05, 0) is 18.2 Å². The lowest BCUT2D eigenvalue weighted by Crippen LogP contribution is -2.36. The quantitative estimate of drug-likeness (QED) is 0.539. The van der Waals surface area contributed by atoms with Crippen LogP contribution in [0.3, 0.4) is 0 Å². The molecule has 0 bridgehead atoms. The molecule has 5 rings (SSSR count). The van der Waals surface area contributed by atoms with E-state index >= 15 is 0 Å². The molecule has 1 aliphatic rings. The third-order valence-corrected chi connectivity index (χ3v) is 4.64. The summed E-state index contributed by atoms with van der Waals surface area (Å²) in [5, 5.41) is 6.61. The van der Waals surface area contributed by atoms with E-state index in [-0.39, 0.29) is 0 Å². The van der Waals surface area contributed by atoms with Gasteiger partial charge in [0.05, 0.1) is 25.1 Å². The number of nitrogens with one attached hydrogen (secondary N) is 2. The molecule has 1 saturated heterocycles. The van der Waals surface area contributed by atoms with Crippen LogP contribution in [0.1, 0.15) is 0 Å². The van der Waals surface area contributed by atoms with E-state index in [0.717, 1.165) is 35.9 Å². The van der Waals surface area contributed by atoms with Crippen LogP contribution in [0.4, 0.5) is 29.0 Å². The Morgan fingerprint density at radius 1 is 0.931 bits per heavy atom. The third-order valence-electron chi connectivity index (χ3n) is 4.64. The molecule has 0 aromatic carbocycles. The largest absolute Gasteiger partial charge is 0.378 e. The Hall–Kier alpha value is -3.72. The van der Waals surface area contributed by atoms with Crippen molar-refractivity contribution in [3.8, 4) is 0 Å². The normalized spacial score (nSPS) is 14.1. The van der Waals surface area contributed by atoms with E-state index in [1.807, 2.05) is 47.1 Å². The molecule has 0 radical (unpaired) electrons. The Morgan fingerprint density at radius 2 is 1.86 bits per heavy atom. The fraction of sp³-hybridized carbons (Fsp3) is 0.200. The molecule has 9 heteroatoms. The number of hydrogen-bond acceptors (Lipinski definition) is 8. The molecule has 5 heterocycles. The fourth-order valence-electron chi connectivity index (χ4n) is 3.21. The lowest BCUT2D eigenvalue weighted by Gasteiger charge is -2.28. The van der Waals surface area contributed by atoms with Gasteiger partial charge in [0.15, 0.2) is 0 Å². The molecule has 1 fully saturated rings. The first-order valence-electron chi connectivity index (χ1n) is 9.42. The van der Waals surface area contributed by atoms with Crippen LogP contribution in [0.5, 0.6) is 0 Å². The van der Waals surface area contributed by atoms with Gasteiger partial charge >= 0.3 is 0 Å². The Labute approximate surface area is 167 Å². The smallest absolute Gasteiger partial charge is 0.231 e. The topological polar surface area (TPSA) is 92.5 Å². The van der Waals surface area contributed by atoms with Crippen LogP contribution in [0.2, 0.25) is 0 Å². The van der Waals surface area contributed by atoms with Crippen LogP contribution in [-0.4, -0.2) is 50.6 Å². The van der Waals surface area contributed by atoms with E-state index in [2.05, 4.69) is 30.5 Å². The van der Waals surface area contributed by atoms with Gasteiger partial charge in [-0.1, -0.05) is 0 Å². The zero-order valence-corrected chi connectivity index (χ0v) is 15.7. The van der Waals surface area contributed by atoms with Crippen LogP contribution in [0.25, 0.3) is 5.65 Å². The second-order valence-corrected chi connectivity index (χ2v) is 6.63. The summed E-state index contributed by atoms with van der Waals surface area (Å²) in [6.07, 6.45) is 9.12. The van der Waals surface area contributed by atoms with Gasteiger partial charge in [-0.2, -0.15) is 9.97 Å². The predicted molar refractivity (Wildman–Crippen MR) is 111 cm³/mol. The average Bonchev–Trinajstić information content (AvgIpc) is 3.23. The van der Waals surface area contributed by atoms with Gasteiger partial charge in [0.1, 0.15) is 17.3 Å². The standard InChI is InChI=1S/C20H20N8O/c1-2-16(14-21-4-1)24-20-25-17(13-19(26-20)28-8-10-29-11-9-28)23-15-3-6-27-7-5-22-18(27)12-15/h1-7,12-14H,8-11H2,(H2,23,24,25,26). The number of anilines is 5. The summed E-state index contributed by atoms with van der Waals surface area (Å²) in [4.78, 5) is 20.0. The summed E-state index contributed by atoms with van der Waals surface area (Å²) in [6.45, 7) is 2.97. The monoisotopic (exact) mass is 388 g/mol. The molecule has 0 saturated carbocycles. The summed E-state index contributed by atoms with van der Waals surface area (Å²) in [5.41, 5.74) is 2.60. The van der Waals surface area contributed by atoms with E-state index in [0.29, 0.717) is 25.0 Å². The molecular formula is C20H20N8O. The van der Waals surface area contributed by atoms with Crippen LogP contribution < -0.4 is 15.5 Å². The first-order chi connectivity index (χ1) is 14.3. The molecule has 0 aliphatic carbocycles. The lowest BCUT2D eigenvalue weighted by atomic mass is 10.3. The number of imidazole rings is 1. The van der Waals surface area contributed by atoms with Gasteiger partial charge in [-0.3, -0.25) is 4.98 Å². The Morgan fingerprint density at radius 3 is 2.72 bits per heavy atom. The number of aromatic nitrogens is 5. The highest BCUT2D eigenvalue weighted by molar-refractivity contribution is 5.66. The van der Waals surface area contributed by atoms with Gasteiger partial charge in [0.25, 0.3) is 0 Å². The molecule has 0 atom stereocenters. The molecule has 0 spiro atoms. The summed E-state index contributed by atoms with van der Waals surface area (Å²) in [6, 6.07) is 9.71. The highest BCUT2D eigenvalue weighted by atomic mass is 16.5. The minimum Gasteiger partial charge on any atom is -0.378 e. The summed E-state index contributed by atoms with van der Waals surface area (Å²) in [7, 11) is 0. The van der Waals surface area contributed by atoms with Crippen LogP contribution >= 0.6 is 0 Å². The van der Waals surface area contributed by atoms with Crippen molar-refractivity contribution in [2.24, 2.45) is 0 Å². The second-order valence-electron chi connectivity index (χ2n) is 6.63. The van der Waals surface area contributed by atoms with Gasteiger partial charge < -0.3 is 24.7 Å². The van der Waals surface area contributed by atoms with Gasteiger partial charge in [-0.25, -0.2) is 4.98 Å². The Balaban J connectivity index is 1.47. The van der Waals surface area contributed by atoms with Crippen molar-refractivity contribution in [3.63, 3.8) is 0 Å². The number of pyridine rings is 2. The average molecular weight is 388 g/mol. The summed E-state index contributed by atoms with van der Waals surface area (Å²) < 4.78 is 7.43. The van der Waals surface area contributed by atoms with E-state index in [4.69, 9.17) is 9.72 Å². The highest BCUT2D eigenvalue weighted by Crippen LogP contribution is 2.24. The number of morpholine rings is 1. The fourth-order valence-corrected chi connectivity index (χ4v) is 3.21. The highest BCUT2D eigenvalue weighted by Gasteiger charge is 2.15. The number of ether oxygens (including phenoxy) is 1. The first-order valence-corrected chi connectivity index (χ1v) is 9.42. The number of nitrogens with zero attached hydrogens (tertiary/aromatic N) is 6. The van der Waals surface area contributed by atoms with Crippen LogP contribution in [0, 0.1) is 0 Å². The van der Waals surface area contributed by atoms with Crippen LogP contribution in [-0.2, 0) is 4.74 Å². The number of hydrogen-bond donors (Lipinski definition) is 2. The van der Waals surface area contributed by atoms with E-state index in [1.54, 1.807) is 18.6 Å². The van der Waals surface area contributed by atoms with Crippen molar-refractivity contribution in [1.82, 2.24) is 24.3 Å². The molecule has 0 unspecified atom stereocenters. The van der Waals surface area contributed by atoms with E-state index in [1.165, 1.54) is 0 Å². The maximum atomic E-state index is 5.47. The number of fused-ring (bicyclic) bond motifs is 1. The molecular weight excluding hydrogens is 368 g/mol. The molecule has 2 N–H and O–H groups in total. The van der Waals surface area contributed by atoms with Crippen molar-refractivity contribution in [1.29, 1.82) is 0 Å². The number of rotatable bonds is 5. The SMILES string of the molecule is c1cncc(Nc2nc(Nc3ccn4ccnc4c3)cc(N3CCOCC3)n2)c1. The van der Waals surface area contributed by atoms with E-state index < -0.39 is 0 Å². The van der Waals surface area contributed by atoms with Crippen molar-refractivity contribution in [3.05, 3.63) is 61.3 Å². The molecule has 0 amide bonds.